The second kappa shape index (κ2) is 10.8. The Morgan fingerprint density at radius 3 is 2.76 bits per heavy atom. The first-order valence-corrected chi connectivity index (χ1v) is 11.1. The Kier molecular flexibility index (Phi) is 7.59. The molecule has 1 aliphatic heterocycles. The summed E-state index contributed by atoms with van der Waals surface area (Å²) in [5, 5.41) is 15.4. The summed E-state index contributed by atoms with van der Waals surface area (Å²) in [7, 11) is 0. The van der Waals surface area contributed by atoms with Crippen molar-refractivity contribution in [3.8, 4) is 11.5 Å². The van der Waals surface area contributed by atoms with E-state index in [1.807, 2.05) is 48.3 Å². The molecule has 8 heteroatoms. The summed E-state index contributed by atoms with van der Waals surface area (Å²) in [5.41, 5.74) is 1.01. The fourth-order valence-electron chi connectivity index (χ4n) is 3.83. The van der Waals surface area contributed by atoms with E-state index >= 15 is 0 Å². The minimum Gasteiger partial charge on any atom is -0.492 e. The third-order valence-electron chi connectivity index (χ3n) is 5.40. The average Bonchev–Trinajstić information content (AvgIpc) is 3.11. The van der Waals surface area contributed by atoms with Gasteiger partial charge in [0.25, 0.3) is 0 Å². The molecule has 1 atom stereocenters. The van der Waals surface area contributed by atoms with Crippen LogP contribution in [0.4, 0.5) is 4.39 Å². The summed E-state index contributed by atoms with van der Waals surface area (Å²) < 4.78 is 32.5. The van der Waals surface area contributed by atoms with Crippen LogP contribution in [0.3, 0.4) is 0 Å². The van der Waals surface area contributed by atoms with E-state index in [0.29, 0.717) is 45.1 Å². The largest absolute Gasteiger partial charge is 0.492 e. The van der Waals surface area contributed by atoms with E-state index in [9.17, 15) is 9.50 Å². The molecule has 1 aliphatic rings. The maximum absolute atomic E-state index is 13.4. The summed E-state index contributed by atoms with van der Waals surface area (Å²) in [6, 6.07) is 13.9. The molecule has 7 nitrogen and oxygen atoms in total. The maximum atomic E-state index is 13.4. The van der Waals surface area contributed by atoms with Crippen molar-refractivity contribution in [2.45, 2.75) is 25.6 Å². The molecule has 2 heterocycles. The normalized spacial score (nSPS) is 19.2. The van der Waals surface area contributed by atoms with Gasteiger partial charge < -0.3 is 19.3 Å². The number of halogens is 1. The molecule has 2 aromatic carbocycles. The summed E-state index contributed by atoms with van der Waals surface area (Å²) in [6.45, 7) is 5.62. The number of hydrogen-bond donors (Lipinski definition) is 1. The van der Waals surface area contributed by atoms with Gasteiger partial charge in [0.1, 0.15) is 36.1 Å². The molecule has 1 saturated heterocycles. The van der Waals surface area contributed by atoms with E-state index in [1.165, 1.54) is 12.1 Å². The van der Waals surface area contributed by atoms with E-state index in [0.717, 1.165) is 16.9 Å². The zero-order valence-corrected chi connectivity index (χ0v) is 18.8. The van der Waals surface area contributed by atoms with E-state index < -0.39 is 5.60 Å². The van der Waals surface area contributed by atoms with Crippen molar-refractivity contribution in [1.82, 2.24) is 14.7 Å². The smallest absolute Gasteiger partial charge is 0.134 e. The minimum absolute atomic E-state index is 0.0169. The highest BCUT2D eigenvalue weighted by Crippen LogP contribution is 2.20. The van der Waals surface area contributed by atoms with Gasteiger partial charge in [0, 0.05) is 31.9 Å². The van der Waals surface area contributed by atoms with Gasteiger partial charge in [-0.1, -0.05) is 18.2 Å². The Hall–Kier alpha value is -2.94. The zero-order chi connectivity index (χ0) is 23.1. The van der Waals surface area contributed by atoms with Gasteiger partial charge in [-0.3, -0.25) is 9.58 Å². The Morgan fingerprint density at radius 2 is 1.97 bits per heavy atom. The Morgan fingerprint density at radius 1 is 1.15 bits per heavy atom. The molecule has 0 bridgehead atoms. The molecule has 176 valence electrons. The summed E-state index contributed by atoms with van der Waals surface area (Å²) >= 11 is 0. The van der Waals surface area contributed by atoms with Crippen LogP contribution in [-0.4, -0.2) is 64.9 Å². The molecule has 0 radical (unpaired) electrons. The molecule has 3 aromatic rings. The summed E-state index contributed by atoms with van der Waals surface area (Å²) in [4.78, 5) is 2.13. The quantitative estimate of drug-likeness (QED) is 0.535. The number of β-amino-alcohol motifs (C(OH)–C–C–N with tert-alkyl or cyclic N) is 1. The number of aromatic nitrogens is 2. The topological polar surface area (TPSA) is 69.0 Å². The lowest BCUT2D eigenvalue weighted by atomic mass is 10.1. The monoisotopic (exact) mass is 455 g/mol. The molecule has 0 saturated carbocycles. The first kappa shape index (κ1) is 23.2. The van der Waals surface area contributed by atoms with Crippen LogP contribution in [0, 0.1) is 12.7 Å². The molecule has 1 aromatic heterocycles. The van der Waals surface area contributed by atoms with Crippen LogP contribution in [0.25, 0.3) is 0 Å². The third-order valence-corrected chi connectivity index (χ3v) is 5.40. The van der Waals surface area contributed by atoms with Crippen LogP contribution < -0.4 is 9.47 Å². The number of nitrogens with zero attached hydrogens (tertiary/aromatic N) is 3. The molecule has 0 unspecified atom stereocenters. The first-order chi connectivity index (χ1) is 16.0. The molecule has 33 heavy (non-hydrogen) atoms. The Bertz CT molecular complexity index is 1040. The molecular formula is C25H30FN3O4. The number of aliphatic hydroxyl groups is 1. The average molecular weight is 456 g/mol. The van der Waals surface area contributed by atoms with Gasteiger partial charge in [0.15, 0.2) is 0 Å². The van der Waals surface area contributed by atoms with Gasteiger partial charge in [0.05, 0.1) is 26.0 Å². The molecule has 4 rings (SSSR count). The van der Waals surface area contributed by atoms with Crippen LogP contribution >= 0.6 is 0 Å². The fourth-order valence-corrected chi connectivity index (χ4v) is 3.83. The summed E-state index contributed by atoms with van der Waals surface area (Å²) in [6.07, 6.45) is 3.82. The van der Waals surface area contributed by atoms with Crippen molar-refractivity contribution >= 4 is 0 Å². The second-order valence-corrected chi connectivity index (χ2v) is 8.51. The van der Waals surface area contributed by atoms with Crippen molar-refractivity contribution in [2.24, 2.45) is 0 Å². The maximum Gasteiger partial charge on any atom is 0.134 e. The van der Waals surface area contributed by atoms with Crippen LogP contribution in [0.15, 0.2) is 60.9 Å². The number of ether oxygens (including phenoxy) is 3. The Labute approximate surface area is 193 Å². The number of benzene rings is 2. The standard InChI is InChI=1S/C25H30FN3O4/c1-20-14-27-29(15-20)9-11-32-23-6-2-4-21(12-23)16-28-8-10-31-18-25(30,17-28)19-33-24-7-3-5-22(26)13-24/h2-7,12-15,30H,8-11,16-19H2,1H3/t25-/m0/s1. The van der Waals surface area contributed by atoms with Crippen LogP contribution in [0.5, 0.6) is 11.5 Å². The van der Waals surface area contributed by atoms with E-state index in [2.05, 4.69) is 10.00 Å². The first-order valence-electron chi connectivity index (χ1n) is 11.1. The minimum atomic E-state index is -1.20. The van der Waals surface area contributed by atoms with Gasteiger partial charge in [-0.25, -0.2) is 4.39 Å². The van der Waals surface area contributed by atoms with E-state index in [4.69, 9.17) is 14.2 Å². The fraction of sp³-hybridized carbons (Fsp3) is 0.400. The van der Waals surface area contributed by atoms with Crippen LogP contribution in [0.1, 0.15) is 11.1 Å². The van der Waals surface area contributed by atoms with Crippen molar-refractivity contribution in [2.75, 3.05) is 39.5 Å². The Balaban J connectivity index is 1.32. The molecule has 1 N–H and O–H groups in total. The van der Waals surface area contributed by atoms with E-state index in [1.54, 1.807) is 12.1 Å². The third kappa shape index (κ3) is 7.02. The van der Waals surface area contributed by atoms with Crippen molar-refractivity contribution in [1.29, 1.82) is 0 Å². The predicted molar refractivity (Wildman–Crippen MR) is 122 cm³/mol. The van der Waals surface area contributed by atoms with Crippen molar-refractivity contribution in [3.05, 3.63) is 77.9 Å². The highest BCUT2D eigenvalue weighted by Gasteiger charge is 2.33. The molecule has 1 fully saturated rings. The number of rotatable bonds is 9. The second-order valence-electron chi connectivity index (χ2n) is 8.51. The van der Waals surface area contributed by atoms with Gasteiger partial charge in [-0.2, -0.15) is 5.10 Å². The van der Waals surface area contributed by atoms with E-state index in [-0.39, 0.29) is 19.0 Å². The SMILES string of the molecule is Cc1cnn(CCOc2cccc(CN3CCOC[C@](O)(COc4cccc(F)c4)C3)c2)c1. The lowest BCUT2D eigenvalue weighted by Crippen LogP contribution is -2.48. The molecule has 0 spiro atoms. The zero-order valence-electron chi connectivity index (χ0n) is 18.8. The highest BCUT2D eigenvalue weighted by molar-refractivity contribution is 5.28. The van der Waals surface area contributed by atoms with Crippen LogP contribution in [-0.2, 0) is 17.8 Å². The van der Waals surface area contributed by atoms with Gasteiger partial charge in [-0.05, 0) is 42.3 Å². The lowest BCUT2D eigenvalue weighted by molar-refractivity contribution is -0.0647. The number of hydrogen-bond acceptors (Lipinski definition) is 6. The van der Waals surface area contributed by atoms with Crippen LogP contribution in [0.2, 0.25) is 0 Å². The van der Waals surface area contributed by atoms with Gasteiger partial charge in [-0.15, -0.1) is 0 Å². The lowest BCUT2D eigenvalue weighted by Gasteiger charge is -2.30. The predicted octanol–water partition coefficient (Wildman–Crippen LogP) is 3.05. The molecule has 0 aliphatic carbocycles. The van der Waals surface area contributed by atoms with Gasteiger partial charge >= 0.3 is 0 Å². The van der Waals surface area contributed by atoms with Crippen molar-refractivity contribution < 1.29 is 23.7 Å². The summed E-state index contributed by atoms with van der Waals surface area (Å²) in [5.74, 6) is 0.807. The molecule has 0 amide bonds. The van der Waals surface area contributed by atoms with Crippen molar-refractivity contribution in [3.63, 3.8) is 0 Å². The molecular weight excluding hydrogens is 425 g/mol. The highest BCUT2D eigenvalue weighted by atomic mass is 19.1. The number of aryl methyl sites for hydroxylation is 1. The van der Waals surface area contributed by atoms with Gasteiger partial charge in [0.2, 0.25) is 0 Å².